The topological polar surface area (TPSA) is 48.5 Å². The normalized spacial score (nSPS) is 14.7. The molecule has 0 bridgehead atoms. The number of amides is 1. The van der Waals surface area contributed by atoms with E-state index in [4.69, 9.17) is 0 Å². The molecule has 120 valence electrons. The van der Waals surface area contributed by atoms with Crippen molar-refractivity contribution in [3.05, 3.63) is 54.5 Å². The Morgan fingerprint density at radius 2 is 1.83 bits per heavy atom. The van der Waals surface area contributed by atoms with Crippen LogP contribution in [-0.2, 0) is 4.79 Å². The second-order valence-electron chi connectivity index (χ2n) is 5.39. The highest BCUT2D eigenvalue weighted by Crippen LogP contribution is 2.14. The van der Waals surface area contributed by atoms with Crippen LogP contribution < -0.4 is 10.2 Å². The fourth-order valence-electron chi connectivity index (χ4n) is 2.61. The van der Waals surface area contributed by atoms with Crippen LogP contribution in [0.3, 0.4) is 0 Å². The van der Waals surface area contributed by atoms with Crippen molar-refractivity contribution in [3.63, 3.8) is 0 Å². The molecule has 0 unspecified atom stereocenters. The lowest BCUT2D eigenvalue weighted by Gasteiger charge is -2.35. The van der Waals surface area contributed by atoms with Crippen LogP contribution in [0.2, 0.25) is 0 Å². The molecule has 2 aromatic rings. The van der Waals surface area contributed by atoms with Gasteiger partial charge < -0.3 is 15.1 Å². The number of rotatable bonds is 4. The van der Waals surface area contributed by atoms with Crippen molar-refractivity contribution in [3.8, 4) is 0 Å². The van der Waals surface area contributed by atoms with E-state index in [0.717, 1.165) is 18.9 Å². The third-order valence-electron chi connectivity index (χ3n) is 3.91. The van der Waals surface area contributed by atoms with Crippen molar-refractivity contribution in [2.24, 2.45) is 0 Å². The summed E-state index contributed by atoms with van der Waals surface area (Å²) in [5, 5.41) is 2.86. The second kappa shape index (κ2) is 7.09. The van der Waals surface area contributed by atoms with Gasteiger partial charge in [-0.3, -0.25) is 4.79 Å². The zero-order valence-electron chi connectivity index (χ0n) is 12.8. The van der Waals surface area contributed by atoms with Crippen LogP contribution in [0.4, 0.5) is 15.9 Å². The maximum absolute atomic E-state index is 13.5. The van der Waals surface area contributed by atoms with E-state index >= 15 is 0 Å². The highest BCUT2D eigenvalue weighted by atomic mass is 19.1. The van der Waals surface area contributed by atoms with Crippen molar-refractivity contribution >= 4 is 17.4 Å². The Morgan fingerprint density at radius 1 is 1.09 bits per heavy atom. The first-order valence-corrected chi connectivity index (χ1v) is 7.66. The van der Waals surface area contributed by atoms with Gasteiger partial charge in [0.2, 0.25) is 5.91 Å². The molecular formula is C17H19FN4O. The van der Waals surface area contributed by atoms with Gasteiger partial charge in [-0.05, 0) is 24.3 Å². The zero-order chi connectivity index (χ0) is 16.1. The Kier molecular flexibility index (Phi) is 4.71. The summed E-state index contributed by atoms with van der Waals surface area (Å²) in [5.41, 5.74) is 0.355. The summed E-state index contributed by atoms with van der Waals surface area (Å²) in [7, 11) is 0. The van der Waals surface area contributed by atoms with Gasteiger partial charge in [0.15, 0.2) is 0 Å². The lowest BCUT2D eigenvalue weighted by molar-refractivity contribution is -0.129. The average molecular weight is 314 g/mol. The van der Waals surface area contributed by atoms with Gasteiger partial charge in [0.1, 0.15) is 11.6 Å². The van der Waals surface area contributed by atoms with Crippen LogP contribution in [-0.4, -0.2) is 48.5 Å². The SMILES string of the molecule is O=C(CNc1ccccc1F)N1CCN(c2ccccn2)CC1. The molecule has 0 radical (unpaired) electrons. The summed E-state index contributed by atoms with van der Waals surface area (Å²) in [4.78, 5) is 20.5. The summed E-state index contributed by atoms with van der Waals surface area (Å²) >= 11 is 0. The number of benzene rings is 1. The molecule has 0 aliphatic carbocycles. The van der Waals surface area contributed by atoms with Crippen LogP contribution in [0.1, 0.15) is 0 Å². The number of nitrogens with one attached hydrogen (secondary N) is 1. The number of pyridine rings is 1. The first-order chi connectivity index (χ1) is 11.2. The van der Waals surface area contributed by atoms with E-state index in [1.807, 2.05) is 18.2 Å². The fourth-order valence-corrected chi connectivity index (χ4v) is 2.61. The molecule has 0 spiro atoms. The van der Waals surface area contributed by atoms with Gasteiger partial charge in [-0.1, -0.05) is 18.2 Å². The van der Waals surface area contributed by atoms with Crippen molar-refractivity contribution in [1.82, 2.24) is 9.88 Å². The summed E-state index contributed by atoms with van der Waals surface area (Å²) < 4.78 is 13.5. The average Bonchev–Trinajstić information content (AvgIpc) is 2.62. The minimum Gasteiger partial charge on any atom is -0.374 e. The smallest absolute Gasteiger partial charge is 0.241 e. The van der Waals surface area contributed by atoms with E-state index in [9.17, 15) is 9.18 Å². The van der Waals surface area contributed by atoms with Crippen molar-refractivity contribution < 1.29 is 9.18 Å². The van der Waals surface area contributed by atoms with E-state index in [1.54, 1.807) is 29.3 Å². The summed E-state index contributed by atoms with van der Waals surface area (Å²) in [6.07, 6.45) is 1.77. The Morgan fingerprint density at radius 3 is 2.52 bits per heavy atom. The molecule has 0 saturated carbocycles. The summed E-state index contributed by atoms with van der Waals surface area (Å²) in [5.74, 6) is 0.568. The highest BCUT2D eigenvalue weighted by Gasteiger charge is 2.21. The first-order valence-electron chi connectivity index (χ1n) is 7.66. The van der Waals surface area contributed by atoms with E-state index in [2.05, 4.69) is 15.2 Å². The Labute approximate surface area is 134 Å². The molecule has 6 heteroatoms. The lowest BCUT2D eigenvalue weighted by Crippen LogP contribution is -2.50. The van der Waals surface area contributed by atoms with E-state index in [0.29, 0.717) is 18.8 Å². The lowest BCUT2D eigenvalue weighted by atomic mass is 10.3. The molecule has 1 aliphatic heterocycles. The van der Waals surface area contributed by atoms with Crippen LogP contribution in [0.25, 0.3) is 0 Å². The molecule has 1 aromatic carbocycles. The molecule has 1 N–H and O–H groups in total. The van der Waals surface area contributed by atoms with E-state index < -0.39 is 0 Å². The Balaban J connectivity index is 1.50. The molecule has 1 fully saturated rings. The third-order valence-corrected chi connectivity index (χ3v) is 3.91. The third kappa shape index (κ3) is 3.77. The standard InChI is InChI=1S/C17H19FN4O/c18-14-5-1-2-6-15(14)20-13-17(23)22-11-9-21(10-12-22)16-7-3-4-8-19-16/h1-8,20H,9-13H2. The quantitative estimate of drug-likeness (QED) is 0.937. The van der Waals surface area contributed by atoms with Crippen molar-refractivity contribution in [2.45, 2.75) is 0 Å². The molecule has 0 atom stereocenters. The van der Waals surface area contributed by atoms with Gasteiger partial charge in [0, 0.05) is 32.4 Å². The van der Waals surface area contributed by atoms with Crippen molar-refractivity contribution in [2.75, 3.05) is 42.9 Å². The number of anilines is 2. The molecule has 1 saturated heterocycles. The number of para-hydroxylation sites is 1. The molecular weight excluding hydrogens is 295 g/mol. The van der Waals surface area contributed by atoms with Gasteiger partial charge in [-0.25, -0.2) is 9.37 Å². The maximum Gasteiger partial charge on any atom is 0.241 e. The fraction of sp³-hybridized carbons (Fsp3) is 0.294. The first kappa shape index (κ1) is 15.3. The van der Waals surface area contributed by atoms with Gasteiger partial charge in [0.05, 0.1) is 12.2 Å². The van der Waals surface area contributed by atoms with Gasteiger partial charge in [-0.15, -0.1) is 0 Å². The molecule has 1 aromatic heterocycles. The minimum atomic E-state index is -0.347. The minimum absolute atomic E-state index is 0.0195. The van der Waals surface area contributed by atoms with E-state index in [1.165, 1.54) is 6.07 Å². The summed E-state index contributed by atoms with van der Waals surface area (Å²) in [6.45, 7) is 2.90. The number of nitrogens with zero attached hydrogens (tertiary/aromatic N) is 3. The predicted molar refractivity (Wildman–Crippen MR) is 87.9 cm³/mol. The molecule has 1 amide bonds. The molecule has 2 heterocycles. The van der Waals surface area contributed by atoms with Crippen LogP contribution in [0, 0.1) is 5.82 Å². The largest absolute Gasteiger partial charge is 0.374 e. The Bertz CT molecular complexity index is 657. The predicted octanol–water partition coefficient (Wildman–Crippen LogP) is 1.98. The number of aromatic nitrogens is 1. The highest BCUT2D eigenvalue weighted by molar-refractivity contribution is 5.81. The number of hydrogen-bond acceptors (Lipinski definition) is 4. The van der Waals surface area contributed by atoms with Crippen LogP contribution in [0.15, 0.2) is 48.7 Å². The molecule has 1 aliphatic rings. The summed E-state index contributed by atoms with van der Waals surface area (Å²) in [6, 6.07) is 12.2. The molecule has 23 heavy (non-hydrogen) atoms. The molecule has 5 nitrogen and oxygen atoms in total. The number of hydrogen-bond donors (Lipinski definition) is 1. The number of carbonyl (C=O) groups is 1. The second-order valence-corrected chi connectivity index (χ2v) is 5.39. The number of piperazine rings is 1. The monoisotopic (exact) mass is 314 g/mol. The van der Waals surface area contributed by atoms with Crippen LogP contribution in [0.5, 0.6) is 0 Å². The van der Waals surface area contributed by atoms with Crippen LogP contribution >= 0.6 is 0 Å². The van der Waals surface area contributed by atoms with Crippen molar-refractivity contribution in [1.29, 1.82) is 0 Å². The number of carbonyl (C=O) groups excluding carboxylic acids is 1. The Hall–Kier alpha value is -2.63. The van der Waals surface area contributed by atoms with Gasteiger partial charge in [-0.2, -0.15) is 0 Å². The van der Waals surface area contributed by atoms with E-state index in [-0.39, 0.29) is 18.3 Å². The zero-order valence-corrected chi connectivity index (χ0v) is 12.8. The van der Waals surface area contributed by atoms with Gasteiger partial charge >= 0.3 is 0 Å². The maximum atomic E-state index is 13.5. The van der Waals surface area contributed by atoms with Gasteiger partial charge in [0.25, 0.3) is 0 Å². The molecule has 3 rings (SSSR count). The number of halogens is 1.